The second-order valence-corrected chi connectivity index (χ2v) is 10.2. The number of carboxylic acids is 1. The molecule has 0 bridgehead atoms. The number of hydrogen-bond acceptors (Lipinski definition) is 6. The van der Waals surface area contributed by atoms with Gasteiger partial charge in [-0.2, -0.15) is 11.8 Å². The van der Waals surface area contributed by atoms with Gasteiger partial charge in [0.05, 0.1) is 6.10 Å². The topological polar surface area (TPSA) is 104 Å². The molecule has 0 heterocycles. The molecule has 6 nitrogen and oxygen atoms in total. The smallest absolute Gasteiger partial charge is 0.303 e. The van der Waals surface area contributed by atoms with Gasteiger partial charge < -0.3 is 20.1 Å². The van der Waals surface area contributed by atoms with E-state index < -0.39 is 17.7 Å². The number of ether oxygens (including phenoxy) is 1. The van der Waals surface area contributed by atoms with Crippen LogP contribution >= 0.6 is 11.8 Å². The molecule has 3 N–H and O–H groups in total. The molecule has 0 saturated heterocycles. The molecule has 4 atom stereocenters. The first-order valence-electron chi connectivity index (χ1n) is 12.0. The highest BCUT2D eigenvalue weighted by molar-refractivity contribution is 8.00. The van der Waals surface area contributed by atoms with Crippen LogP contribution in [-0.4, -0.2) is 56.4 Å². The summed E-state index contributed by atoms with van der Waals surface area (Å²) in [5, 5.41) is 30.2. The number of carbonyl (C=O) groups excluding carboxylic acids is 1. The van der Waals surface area contributed by atoms with Crippen molar-refractivity contribution in [3.05, 3.63) is 42.2 Å². The lowest BCUT2D eigenvalue weighted by molar-refractivity contribution is -0.137. The van der Waals surface area contributed by atoms with Gasteiger partial charge >= 0.3 is 5.97 Å². The largest absolute Gasteiger partial charge is 0.491 e. The van der Waals surface area contributed by atoms with Gasteiger partial charge in [-0.15, -0.1) is 0 Å². The molecule has 1 aromatic carbocycles. The summed E-state index contributed by atoms with van der Waals surface area (Å²) in [6.07, 6.45) is 8.24. The molecule has 34 heavy (non-hydrogen) atoms. The van der Waals surface area contributed by atoms with Crippen LogP contribution in [0.3, 0.4) is 0 Å². The predicted molar refractivity (Wildman–Crippen MR) is 132 cm³/mol. The maximum atomic E-state index is 13.2. The molecule has 1 aliphatic rings. The molecule has 1 aromatic rings. The molecule has 0 aromatic heterocycles. The second-order valence-electron chi connectivity index (χ2n) is 9.04. The van der Waals surface area contributed by atoms with Gasteiger partial charge in [0, 0.05) is 29.8 Å². The van der Waals surface area contributed by atoms with Gasteiger partial charge in [-0.1, -0.05) is 38.3 Å². The normalized spacial score (nSPS) is 22.2. The highest BCUT2D eigenvalue weighted by Crippen LogP contribution is 2.38. The Morgan fingerprint density at radius 3 is 2.65 bits per heavy atom. The summed E-state index contributed by atoms with van der Waals surface area (Å²) in [5.74, 6) is -0.726. The van der Waals surface area contributed by atoms with Crippen molar-refractivity contribution >= 4 is 23.5 Å². The number of hydrogen-bond donors (Lipinski definition) is 3. The first kappa shape index (κ1) is 28.3. The van der Waals surface area contributed by atoms with Gasteiger partial charge in [0.2, 0.25) is 0 Å². The number of rotatable bonds is 16. The third-order valence-electron chi connectivity index (χ3n) is 6.03. The molecule has 1 fully saturated rings. The first-order chi connectivity index (χ1) is 16.2. The van der Waals surface area contributed by atoms with Crippen molar-refractivity contribution in [2.75, 3.05) is 12.4 Å². The van der Waals surface area contributed by atoms with Crippen LogP contribution in [0.2, 0.25) is 0 Å². The number of thioether (sulfide) groups is 1. The fraction of sp³-hybridized carbons (Fsp3) is 0.615. The number of aliphatic hydroxyl groups excluding tert-OH is 1. The van der Waals surface area contributed by atoms with Crippen LogP contribution in [0.1, 0.15) is 64.7 Å². The number of benzene rings is 1. The van der Waals surface area contributed by atoms with Gasteiger partial charge in [0.1, 0.15) is 29.6 Å². The Balaban J connectivity index is 1.96. The average molecular weight is 497 g/mol. The standard InChI is InChI=1S/C26H37FO6S/c1-2-3-8-15-26(32,17-33-20-13-11-19(27)12-14-20)18-34-25-21(22(28)16-23(25)29)9-6-4-5-7-10-24(30)31/h4,6,11-14,21,23,25,29,32H,2-3,5,7-10,15-18H2,1H3,(H,30,31)/t21-,23?,25+,26?/m0/s1. The zero-order valence-electron chi connectivity index (χ0n) is 19.8. The molecule has 0 spiro atoms. The van der Waals surface area contributed by atoms with Crippen molar-refractivity contribution in [2.24, 2.45) is 5.92 Å². The fourth-order valence-corrected chi connectivity index (χ4v) is 5.58. The van der Waals surface area contributed by atoms with Gasteiger partial charge in [0.25, 0.3) is 0 Å². The van der Waals surface area contributed by atoms with Gasteiger partial charge in [-0.25, -0.2) is 4.39 Å². The number of halogens is 1. The summed E-state index contributed by atoms with van der Waals surface area (Å²) in [5.41, 5.74) is -1.14. The number of ketones is 1. The molecule has 0 radical (unpaired) electrons. The third kappa shape index (κ3) is 9.76. The van der Waals surface area contributed by atoms with E-state index in [0.717, 1.165) is 19.3 Å². The number of aliphatic hydroxyl groups is 2. The van der Waals surface area contributed by atoms with Crippen LogP contribution < -0.4 is 4.74 Å². The molecule has 0 aliphatic heterocycles. The van der Waals surface area contributed by atoms with Gasteiger partial charge in [-0.05, 0) is 49.9 Å². The number of carboxylic acid groups (broad SMARTS) is 1. The molecule has 190 valence electrons. The zero-order chi connectivity index (χ0) is 25.0. The minimum absolute atomic E-state index is 0.0114. The molecule has 2 rings (SSSR count). The van der Waals surface area contributed by atoms with Crippen molar-refractivity contribution in [1.82, 2.24) is 0 Å². The van der Waals surface area contributed by atoms with E-state index in [1.165, 1.54) is 36.0 Å². The van der Waals surface area contributed by atoms with Crippen LogP contribution in [0.4, 0.5) is 4.39 Å². The predicted octanol–water partition coefficient (Wildman–Crippen LogP) is 4.77. The quantitative estimate of drug-likeness (QED) is 0.224. The number of aliphatic carboxylic acids is 1. The van der Waals surface area contributed by atoms with Crippen LogP contribution in [-0.2, 0) is 9.59 Å². The van der Waals surface area contributed by atoms with Crippen molar-refractivity contribution < 1.29 is 34.0 Å². The molecule has 2 unspecified atom stereocenters. The number of carbonyl (C=O) groups is 2. The molecule has 8 heteroatoms. The SMILES string of the molecule is CCCCCC(O)(COc1ccc(F)cc1)CS[C@H]1C(O)CC(=O)[C@@H]1CC=CCCCC(=O)O. The van der Waals surface area contributed by atoms with Crippen LogP contribution in [0.25, 0.3) is 0 Å². The Labute approximate surface area is 205 Å². The van der Waals surface area contributed by atoms with Crippen molar-refractivity contribution in [1.29, 1.82) is 0 Å². The summed E-state index contributed by atoms with van der Waals surface area (Å²) in [6.45, 7) is 2.13. The lowest BCUT2D eigenvalue weighted by atomic mass is 9.99. The van der Waals surface area contributed by atoms with Crippen LogP contribution in [0.15, 0.2) is 36.4 Å². The minimum Gasteiger partial charge on any atom is -0.491 e. The van der Waals surface area contributed by atoms with Crippen molar-refractivity contribution in [2.45, 2.75) is 81.7 Å². The molecule has 1 saturated carbocycles. The van der Waals surface area contributed by atoms with E-state index in [4.69, 9.17) is 9.84 Å². The summed E-state index contributed by atoms with van der Waals surface area (Å²) in [7, 11) is 0. The Kier molecular flexibility index (Phi) is 12.1. The van der Waals surface area contributed by atoms with E-state index in [0.29, 0.717) is 37.2 Å². The van der Waals surface area contributed by atoms with E-state index in [2.05, 4.69) is 6.92 Å². The average Bonchev–Trinajstić information content (AvgIpc) is 3.06. The van der Waals surface area contributed by atoms with Gasteiger partial charge in [-0.3, -0.25) is 9.59 Å². The minimum atomic E-state index is -1.14. The van der Waals surface area contributed by atoms with Crippen molar-refractivity contribution in [3.63, 3.8) is 0 Å². The Morgan fingerprint density at radius 1 is 1.24 bits per heavy atom. The van der Waals surface area contributed by atoms with E-state index in [1.807, 2.05) is 12.2 Å². The maximum absolute atomic E-state index is 13.2. The Bertz CT molecular complexity index is 799. The maximum Gasteiger partial charge on any atom is 0.303 e. The van der Waals surface area contributed by atoms with Crippen LogP contribution in [0.5, 0.6) is 5.75 Å². The van der Waals surface area contributed by atoms with E-state index in [9.17, 15) is 24.2 Å². The summed E-state index contributed by atoms with van der Waals surface area (Å²) >= 11 is 1.41. The highest BCUT2D eigenvalue weighted by Gasteiger charge is 2.42. The Morgan fingerprint density at radius 2 is 1.97 bits per heavy atom. The van der Waals surface area contributed by atoms with E-state index >= 15 is 0 Å². The molecule has 1 aliphatic carbocycles. The number of allylic oxidation sites excluding steroid dienone is 2. The summed E-state index contributed by atoms with van der Waals surface area (Å²) in [6, 6.07) is 5.65. The van der Waals surface area contributed by atoms with Crippen LogP contribution in [0, 0.1) is 11.7 Å². The molecular weight excluding hydrogens is 459 g/mol. The van der Waals surface area contributed by atoms with Crippen molar-refractivity contribution in [3.8, 4) is 5.75 Å². The molecule has 0 amide bonds. The third-order valence-corrected chi connectivity index (χ3v) is 7.76. The fourth-order valence-electron chi connectivity index (χ4n) is 4.04. The highest BCUT2D eigenvalue weighted by atomic mass is 32.2. The lowest BCUT2D eigenvalue weighted by Gasteiger charge is -2.30. The number of Topliss-reactive ketones (excluding diaryl/α,β-unsaturated/α-hetero) is 1. The first-order valence-corrected chi connectivity index (χ1v) is 13.1. The molecular formula is C26H37FO6S. The van der Waals surface area contributed by atoms with E-state index in [1.54, 1.807) is 0 Å². The summed E-state index contributed by atoms with van der Waals surface area (Å²) in [4.78, 5) is 23.1. The lowest BCUT2D eigenvalue weighted by Crippen LogP contribution is -2.40. The zero-order valence-corrected chi connectivity index (χ0v) is 20.6. The second kappa shape index (κ2) is 14.5. The monoisotopic (exact) mass is 496 g/mol. The van der Waals surface area contributed by atoms with E-state index in [-0.39, 0.29) is 42.2 Å². The van der Waals surface area contributed by atoms with Gasteiger partial charge in [0.15, 0.2) is 0 Å². The summed E-state index contributed by atoms with van der Waals surface area (Å²) < 4.78 is 18.9. The number of unbranched alkanes of at least 4 members (excludes halogenated alkanes) is 3. The Hall–Kier alpha value is -1.90.